The number of rotatable bonds is 3. The van der Waals surface area contributed by atoms with E-state index in [-0.39, 0.29) is 11.8 Å². The van der Waals surface area contributed by atoms with E-state index in [0.29, 0.717) is 0 Å². The van der Waals surface area contributed by atoms with Crippen LogP contribution in [0.3, 0.4) is 0 Å². The molecule has 2 heterocycles. The Bertz CT molecular complexity index is 688. The third-order valence-corrected chi connectivity index (χ3v) is 4.39. The predicted octanol–water partition coefficient (Wildman–Crippen LogP) is 2.96. The number of aromatic nitrogens is 2. The van der Waals surface area contributed by atoms with E-state index in [1.165, 1.54) is 6.33 Å². The van der Waals surface area contributed by atoms with Gasteiger partial charge in [-0.1, -0.05) is 6.07 Å². The number of carbonyl (C=O) groups excluding carboxylic acids is 1. The highest BCUT2D eigenvalue weighted by Gasteiger charge is 2.27. The van der Waals surface area contributed by atoms with Crippen molar-refractivity contribution >= 4 is 11.6 Å². The molecule has 1 atom stereocenters. The third-order valence-electron chi connectivity index (χ3n) is 4.39. The molecule has 0 fully saturated rings. The van der Waals surface area contributed by atoms with E-state index in [1.54, 1.807) is 19.5 Å². The molecule has 2 aromatic rings. The Kier molecular flexibility index (Phi) is 4.55. The van der Waals surface area contributed by atoms with Crippen LogP contribution in [-0.2, 0) is 11.2 Å². The number of nitrogens with zero attached hydrogens (tertiary/aromatic N) is 3. The van der Waals surface area contributed by atoms with E-state index in [2.05, 4.69) is 9.97 Å². The zero-order valence-corrected chi connectivity index (χ0v) is 13.5. The fourth-order valence-electron chi connectivity index (χ4n) is 3.08. The number of hydrogen-bond donors (Lipinski definition) is 0. The van der Waals surface area contributed by atoms with E-state index in [0.717, 1.165) is 48.4 Å². The van der Waals surface area contributed by atoms with Crippen molar-refractivity contribution in [3.8, 4) is 5.75 Å². The van der Waals surface area contributed by atoms with Crippen molar-refractivity contribution in [2.45, 2.75) is 32.1 Å². The lowest BCUT2D eigenvalue weighted by Gasteiger charge is -2.26. The Morgan fingerprint density at radius 1 is 1.26 bits per heavy atom. The van der Waals surface area contributed by atoms with E-state index in [4.69, 9.17) is 4.74 Å². The minimum Gasteiger partial charge on any atom is -0.496 e. The van der Waals surface area contributed by atoms with Gasteiger partial charge in [0.05, 0.1) is 18.7 Å². The normalized spacial score (nSPS) is 15.5. The van der Waals surface area contributed by atoms with E-state index in [9.17, 15) is 4.79 Å². The van der Waals surface area contributed by atoms with Crippen molar-refractivity contribution in [1.29, 1.82) is 0 Å². The zero-order chi connectivity index (χ0) is 16.2. The Hall–Kier alpha value is -2.43. The number of carbonyl (C=O) groups is 1. The van der Waals surface area contributed by atoms with Gasteiger partial charge in [0.15, 0.2) is 0 Å². The third kappa shape index (κ3) is 3.04. The second kappa shape index (κ2) is 6.77. The Morgan fingerprint density at radius 3 is 2.78 bits per heavy atom. The molecule has 0 spiro atoms. The molecule has 5 heteroatoms. The van der Waals surface area contributed by atoms with Crippen molar-refractivity contribution in [3.63, 3.8) is 0 Å². The molecule has 1 aromatic carbocycles. The molecule has 3 rings (SSSR count). The summed E-state index contributed by atoms with van der Waals surface area (Å²) in [5.41, 5.74) is 2.93. The average Bonchev–Trinajstić information content (AvgIpc) is 2.83. The highest BCUT2D eigenvalue weighted by Crippen LogP contribution is 2.35. The first kappa shape index (κ1) is 15.5. The second-order valence-corrected chi connectivity index (χ2v) is 5.80. The van der Waals surface area contributed by atoms with Crippen molar-refractivity contribution < 1.29 is 9.53 Å². The van der Waals surface area contributed by atoms with Crippen LogP contribution in [0.2, 0.25) is 0 Å². The molecular weight excluding hydrogens is 290 g/mol. The summed E-state index contributed by atoms with van der Waals surface area (Å²) in [5.74, 6) is 0.669. The van der Waals surface area contributed by atoms with Gasteiger partial charge >= 0.3 is 0 Å². The lowest BCUT2D eigenvalue weighted by atomic mass is 10.0. The summed E-state index contributed by atoms with van der Waals surface area (Å²) < 4.78 is 5.48. The maximum absolute atomic E-state index is 13.0. The molecule has 0 N–H and O–H groups in total. The van der Waals surface area contributed by atoms with Gasteiger partial charge in [-0.2, -0.15) is 0 Å². The number of methoxy groups -OCH3 is 1. The lowest BCUT2D eigenvalue weighted by Crippen LogP contribution is -2.35. The first-order valence-corrected chi connectivity index (χ1v) is 7.94. The zero-order valence-electron chi connectivity index (χ0n) is 13.5. The first-order valence-electron chi connectivity index (χ1n) is 7.94. The van der Waals surface area contributed by atoms with Gasteiger partial charge < -0.3 is 9.64 Å². The monoisotopic (exact) mass is 311 g/mol. The van der Waals surface area contributed by atoms with Crippen molar-refractivity contribution in [1.82, 2.24) is 9.97 Å². The maximum Gasteiger partial charge on any atom is 0.234 e. The minimum absolute atomic E-state index is 0.0798. The molecule has 0 aliphatic carbocycles. The Labute approximate surface area is 136 Å². The van der Waals surface area contributed by atoms with Crippen LogP contribution in [0.5, 0.6) is 5.75 Å². The van der Waals surface area contributed by atoms with Crippen LogP contribution in [0.1, 0.15) is 36.8 Å². The first-order chi connectivity index (χ1) is 11.2. The van der Waals surface area contributed by atoms with Crippen molar-refractivity contribution in [3.05, 3.63) is 48.0 Å². The van der Waals surface area contributed by atoms with Crippen molar-refractivity contribution in [2.24, 2.45) is 0 Å². The smallest absolute Gasteiger partial charge is 0.234 e. The molecule has 0 unspecified atom stereocenters. The molecule has 0 radical (unpaired) electrons. The SMILES string of the molecule is COc1cccc2c1CCCCN2C(=O)[C@H](C)c1cncnc1. The molecule has 1 aliphatic rings. The molecule has 0 saturated carbocycles. The number of fused-ring (bicyclic) bond motifs is 1. The molecule has 120 valence electrons. The molecule has 23 heavy (non-hydrogen) atoms. The van der Waals surface area contributed by atoms with E-state index >= 15 is 0 Å². The average molecular weight is 311 g/mol. The highest BCUT2D eigenvalue weighted by atomic mass is 16.5. The molecular formula is C18H21N3O2. The number of hydrogen-bond acceptors (Lipinski definition) is 4. The summed E-state index contributed by atoms with van der Waals surface area (Å²) in [4.78, 5) is 23.0. The predicted molar refractivity (Wildman–Crippen MR) is 88.7 cm³/mol. The van der Waals surface area contributed by atoms with Crippen molar-refractivity contribution in [2.75, 3.05) is 18.6 Å². The summed E-state index contributed by atoms with van der Waals surface area (Å²) in [7, 11) is 1.68. The Balaban J connectivity index is 1.95. The lowest BCUT2D eigenvalue weighted by molar-refractivity contribution is -0.119. The van der Waals surface area contributed by atoms with Crippen LogP contribution < -0.4 is 9.64 Å². The fraction of sp³-hybridized carbons (Fsp3) is 0.389. The summed E-state index contributed by atoms with van der Waals surface area (Å²) in [6, 6.07) is 5.91. The summed E-state index contributed by atoms with van der Waals surface area (Å²) in [6.45, 7) is 2.64. The topological polar surface area (TPSA) is 55.3 Å². The van der Waals surface area contributed by atoms with Crippen LogP contribution in [0.4, 0.5) is 5.69 Å². The van der Waals surface area contributed by atoms with Gasteiger partial charge in [0.25, 0.3) is 0 Å². The van der Waals surface area contributed by atoms with Crippen LogP contribution in [0.15, 0.2) is 36.9 Å². The van der Waals surface area contributed by atoms with Gasteiger partial charge in [-0.25, -0.2) is 9.97 Å². The highest BCUT2D eigenvalue weighted by molar-refractivity contribution is 5.98. The van der Waals surface area contributed by atoms with Gasteiger partial charge in [0, 0.05) is 30.1 Å². The molecule has 1 amide bonds. The Morgan fingerprint density at radius 2 is 2.04 bits per heavy atom. The van der Waals surface area contributed by atoms with Gasteiger partial charge in [-0.15, -0.1) is 0 Å². The maximum atomic E-state index is 13.0. The number of amides is 1. The second-order valence-electron chi connectivity index (χ2n) is 5.80. The molecule has 5 nitrogen and oxygen atoms in total. The van der Waals surface area contributed by atoms with Gasteiger partial charge in [0.2, 0.25) is 5.91 Å². The number of anilines is 1. The summed E-state index contributed by atoms with van der Waals surface area (Å²) >= 11 is 0. The number of ether oxygens (including phenoxy) is 1. The standard InChI is InChI=1S/C18H21N3O2/c1-13(14-10-19-12-20-11-14)18(22)21-9-4-3-6-15-16(21)7-5-8-17(15)23-2/h5,7-8,10-13H,3-4,6,9H2,1-2H3/t13-/m1/s1. The quantitative estimate of drug-likeness (QED) is 0.874. The summed E-state index contributed by atoms with van der Waals surface area (Å²) in [6.07, 6.45) is 7.88. The molecule has 1 aliphatic heterocycles. The van der Waals surface area contributed by atoms with Crippen LogP contribution >= 0.6 is 0 Å². The summed E-state index contributed by atoms with van der Waals surface area (Å²) in [5, 5.41) is 0. The van der Waals surface area contributed by atoms with Crippen LogP contribution in [0.25, 0.3) is 0 Å². The van der Waals surface area contributed by atoms with Gasteiger partial charge in [-0.05, 0) is 38.3 Å². The van der Waals surface area contributed by atoms with Crippen LogP contribution in [0, 0.1) is 0 Å². The largest absolute Gasteiger partial charge is 0.496 e. The number of benzene rings is 1. The molecule has 0 bridgehead atoms. The van der Waals surface area contributed by atoms with E-state index < -0.39 is 0 Å². The van der Waals surface area contributed by atoms with Crippen LogP contribution in [-0.4, -0.2) is 29.5 Å². The molecule has 0 saturated heterocycles. The van der Waals surface area contributed by atoms with Gasteiger partial charge in [-0.3, -0.25) is 4.79 Å². The van der Waals surface area contributed by atoms with Gasteiger partial charge in [0.1, 0.15) is 12.1 Å². The molecule has 1 aromatic heterocycles. The minimum atomic E-state index is -0.270. The fourth-order valence-corrected chi connectivity index (χ4v) is 3.08. The van der Waals surface area contributed by atoms with E-state index in [1.807, 2.05) is 30.0 Å².